The minimum absolute atomic E-state index is 0.0672. The minimum Gasteiger partial charge on any atom is -0.290 e. The van der Waals surface area contributed by atoms with E-state index in [4.69, 9.17) is 11.6 Å². The van der Waals surface area contributed by atoms with Gasteiger partial charge in [0.2, 0.25) is 12.1 Å². The first-order chi connectivity index (χ1) is 9.22. The molecule has 19 heavy (non-hydrogen) atoms. The van der Waals surface area contributed by atoms with Gasteiger partial charge in [-0.2, -0.15) is 0 Å². The van der Waals surface area contributed by atoms with Crippen molar-refractivity contribution in [3.8, 4) is 0 Å². The van der Waals surface area contributed by atoms with Crippen molar-refractivity contribution in [3.63, 3.8) is 0 Å². The van der Waals surface area contributed by atoms with E-state index in [9.17, 15) is 4.79 Å². The first-order valence-corrected chi connectivity index (χ1v) is 6.35. The van der Waals surface area contributed by atoms with Gasteiger partial charge in [-0.3, -0.25) is 4.79 Å². The highest BCUT2D eigenvalue weighted by Crippen LogP contribution is 2.10. The third kappa shape index (κ3) is 2.51. The molecule has 0 aliphatic rings. The van der Waals surface area contributed by atoms with Crippen LogP contribution >= 0.6 is 11.6 Å². The van der Waals surface area contributed by atoms with E-state index in [1.165, 1.54) is 0 Å². The molecule has 0 radical (unpaired) electrons. The van der Waals surface area contributed by atoms with Crippen molar-refractivity contribution in [2.45, 2.75) is 6.54 Å². The molecule has 4 heteroatoms. The second-order valence-electron chi connectivity index (χ2n) is 4.38. The summed E-state index contributed by atoms with van der Waals surface area (Å²) in [7, 11) is 0. The average Bonchev–Trinajstić information content (AvgIpc) is 2.81. The Morgan fingerprint density at radius 1 is 1.16 bits per heavy atom. The lowest BCUT2D eigenvalue weighted by Gasteiger charge is -1.98. The Morgan fingerprint density at radius 3 is 2.68 bits per heavy atom. The van der Waals surface area contributed by atoms with Crippen molar-refractivity contribution in [2.75, 3.05) is 0 Å². The number of imidazole rings is 1. The van der Waals surface area contributed by atoms with Gasteiger partial charge in [0.05, 0.1) is 6.20 Å². The summed E-state index contributed by atoms with van der Waals surface area (Å²) in [5.74, 6) is 0.0672. The Hall–Kier alpha value is -2.13. The summed E-state index contributed by atoms with van der Waals surface area (Å²) in [4.78, 5) is 12.1. The number of fused-ring (bicyclic) bond motifs is 1. The number of benzene rings is 1. The van der Waals surface area contributed by atoms with Crippen LogP contribution in [0.3, 0.4) is 0 Å². The highest BCUT2D eigenvalue weighted by atomic mass is 35.5. The second-order valence-corrected chi connectivity index (χ2v) is 4.82. The SMILES string of the molecule is O=C(C[n+]1cc2ccccn2c1)c1ccc(Cl)cc1. The van der Waals surface area contributed by atoms with Gasteiger partial charge in [-0.25, -0.2) is 8.97 Å². The third-order valence-electron chi connectivity index (χ3n) is 2.99. The van der Waals surface area contributed by atoms with E-state index in [2.05, 4.69) is 0 Å². The molecule has 3 rings (SSSR count). The molecule has 1 aromatic carbocycles. The number of halogens is 1. The molecular formula is C15H12ClN2O+. The molecule has 0 amide bonds. The lowest BCUT2D eigenvalue weighted by molar-refractivity contribution is -0.681. The molecule has 2 aromatic heterocycles. The van der Waals surface area contributed by atoms with Gasteiger partial charge in [-0.15, -0.1) is 0 Å². The van der Waals surface area contributed by atoms with Gasteiger partial charge in [0.25, 0.3) is 0 Å². The van der Waals surface area contributed by atoms with E-state index in [1.807, 2.05) is 45.9 Å². The van der Waals surface area contributed by atoms with Crippen molar-refractivity contribution in [3.05, 3.63) is 71.8 Å². The maximum Gasteiger partial charge on any atom is 0.249 e. The van der Waals surface area contributed by atoms with E-state index in [0.29, 0.717) is 17.1 Å². The number of Topliss-reactive ketones (excluding diaryl/α,β-unsaturated/α-hetero) is 1. The Bertz CT molecular complexity index is 698. The third-order valence-corrected chi connectivity index (χ3v) is 3.24. The van der Waals surface area contributed by atoms with Gasteiger partial charge in [0.15, 0.2) is 12.1 Å². The highest BCUT2D eigenvalue weighted by molar-refractivity contribution is 6.30. The van der Waals surface area contributed by atoms with Crippen LogP contribution in [0.25, 0.3) is 5.52 Å². The molecule has 0 unspecified atom stereocenters. The van der Waals surface area contributed by atoms with Crippen molar-refractivity contribution in [1.82, 2.24) is 4.40 Å². The van der Waals surface area contributed by atoms with E-state index in [-0.39, 0.29) is 5.78 Å². The zero-order valence-corrected chi connectivity index (χ0v) is 10.9. The monoisotopic (exact) mass is 271 g/mol. The van der Waals surface area contributed by atoms with Gasteiger partial charge >= 0.3 is 0 Å². The first-order valence-electron chi connectivity index (χ1n) is 5.97. The number of carbonyl (C=O) groups excluding carboxylic acids is 1. The van der Waals surface area contributed by atoms with Crippen LogP contribution in [0.4, 0.5) is 0 Å². The van der Waals surface area contributed by atoms with Crippen molar-refractivity contribution in [1.29, 1.82) is 0 Å². The molecule has 0 saturated carbocycles. The number of pyridine rings is 1. The van der Waals surface area contributed by atoms with Crippen molar-refractivity contribution in [2.24, 2.45) is 0 Å². The summed E-state index contributed by atoms with van der Waals surface area (Å²) < 4.78 is 3.86. The van der Waals surface area contributed by atoms with Crippen molar-refractivity contribution < 1.29 is 9.36 Å². The number of rotatable bonds is 3. The summed E-state index contributed by atoms with van der Waals surface area (Å²) in [5.41, 5.74) is 1.73. The maximum atomic E-state index is 12.1. The minimum atomic E-state index is 0.0672. The predicted octanol–water partition coefficient (Wildman–Crippen LogP) is 2.76. The van der Waals surface area contributed by atoms with Crippen LogP contribution in [0.2, 0.25) is 5.02 Å². The van der Waals surface area contributed by atoms with Gasteiger partial charge in [0, 0.05) is 10.6 Å². The highest BCUT2D eigenvalue weighted by Gasteiger charge is 2.12. The topological polar surface area (TPSA) is 25.4 Å². The van der Waals surface area contributed by atoms with Gasteiger partial charge in [-0.05, 0) is 36.4 Å². The smallest absolute Gasteiger partial charge is 0.249 e. The molecule has 3 aromatic rings. The lowest BCUT2D eigenvalue weighted by atomic mass is 10.1. The van der Waals surface area contributed by atoms with E-state index >= 15 is 0 Å². The largest absolute Gasteiger partial charge is 0.290 e. The second kappa shape index (κ2) is 4.86. The Kier molecular flexibility index (Phi) is 3.05. The van der Waals surface area contributed by atoms with Crippen LogP contribution in [0, 0.1) is 0 Å². The molecule has 0 spiro atoms. The molecular weight excluding hydrogens is 260 g/mol. The number of hydrogen-bond donors (Lipinski definition) is 0. The molecule has 0 N–H and O–H groups in total. The van der Waals surface area contributed by atoms with Crippen LogP contribution in [-0.4, -0.2) is 10.2 Å². The van der Waals surface area contributed by atoms with Crippen LogP contribution < -0.4 is 4.57 Å². The van der Waals surface area contributed by atoms with Crippen LogP contribution in [0.1, 0.15) is 10.4 Å². The standard InChI is InChI=1S/C15H12ClN2O/c16-13-6-4-12(5-7-13)15(19)10-17-9-14-3-1-2-8-18(14)11-17/h1-9,11H,10H2/q+1. The molecule has 2 heterocycles. The Labute approximate surface area is 115 Å². The zero-order valence-electron chi connectivity index (χ0n) is 10.2. The van der Waals surface area contributed by atoms with Crippen LogP contribution in [-0.2, 0) is 6.54 Å². The average molecular weight is 272 g/mol. The first kappa shape index (κ1) is 11.9. The molecule has 94 valence electrons. The van der Waals surface area contributed by atoms with Gasteiger partial charge < -0.3 is 0 Å². The zero-order chi connectivity index (χ0) is 13.2. The van der Waals surface area contributed by atoms with Crippen LogP contribution in [0.15, 0.2) is 61.2 Å². The number of ketones is 1. The van der Waals surface area contributed by atoms with Gasteiger partial charge in [-0.1, -0.05) is 17.7 Å². The molecule has 0 aliphatic carbocycles. The number of hydrogen-bond acceptors (Lipinski definition) is 1. The number of aromatic nitrogens is 2. The Balaban J connectivity index is 1.84. The van der Waals surface area contributed by atoms with E-state index in [0.717, 1.165) is 5.52 Å². The molecule has 0 atom stereocenters. The van der Waals surface area contributed by atoms with E-state index in [1.54, 1.807) is 24.3 Å². The quantitative estimate of drug-likeness (QED) is 0.531. The molecule has 3 nitrogen and oxygen atoms in total. The lowest BCUT2D eigenvalue weighted by Crippen LogP contribution is -2.35. The summed E-state index contributed by atoms with van der Waals surface area (Å²) in [6.45, 7) is 0.323. The Morgan fingerprint density at radius 2 is 1.95 bits per heavy atom. The summed E-state index contributed by atoms with van der Waals surface area (Å²) in [6.07, 6.45) is 5.82. The fourth-order valence-electron chi connectivity index (χ4n) is 2.03. The van der Waals surface area contributed by atoms with Crippen LogP contribution in [0.5, 0.6) is 0 Å². The fraction of sp³-hybridized carbons (Fsp3) is 0.0667. The summed E-state index contributed by atoms with van der Waals surface area (Å²) in [5, 5.41) is 0.638. The summed E-state index contributed by atoms with van der Waals surface area (Å²) in [6, 6.07) is 12.9. The normalized spacial score (nSPS) is 10.8. The maximum absolute atomic E-state index is 12.1. The molecule has 0 bridgehead atoms. The molecule has 0 fully saturated rings. The number of nitrogens with zero attached hydrogens (tertiary/aromatic N) is 2. The summed E-state index contributed by atoms with van der Waals surface area (Å²) >= 11 is 5.81. The predicted molar refractivity (Wildman–Crippen MR) is 73.4 cm³/mol. The fourth-order valence-corrected chi connectivity index (χ4v) is 2.15. The van der Waals surface area contributed by atoms with Gasteiger partial charge in [0.1, 0.15) is 6.20 Å². The van der Waals surface area contributed by atoms with Crippen molar-refractivity contribution >= 4 is 22.9 Å². The molecule has 0 saturated heterocycles. The number of carbonyl (C=O) groups is 1. The molecule has 0 aliphatic heterocycles. The van der Waals surface area contributed by atoms with E-state index < -0.39 is 0 Å².